The first-order chi connectivity index (χ1) is 9.54. The van der Waals surface area contributed by atoms with Crippen molar-refractivity contribution in [1.29, 1.82) is 0 Å². The molecule has 0 unspecified atom stereocenters. The summed E-state index contributed by atoms with van der Waals surface area (Å²) in [5.74, 6) is 0.433. The van der Waals surface area contributed by atoms with Crippen LogP contribution < -0.4 is 0 Å². The van der Waals surface area contributed by atoms with Gasteiger partial charge in [0.2, 0.25) is 5.89 Å². The molecule has 1 N–H and O–H groups in total. The zero-order valence-corrected chi connectivity index (χ0v) is 12.3. The second-order valence-electron chi connectivity index (χ2n) is 4.94. The molecule has 6 nitrogen and oxygen atoms in total. The average molecular weight is 295 g/mol. The summed E-state index contributed by atoms with van der Waals surface area (Å²) in [7, 11) is 0. The standard InChI is InChI=1S/C13H17N3O3S/c1-9(2)6-16(8-12(17)18)7-11-14-15-13(19-11)10-4-3-5-20-10/h3-5,9H,6-8H2,1-2H3,(H,17,18). The number of carboxylic acid groups (broad SMARTS) is 1. The minimum Gasteiger partial charge on any atom is -0.480 e. The molecule has 0 fully saturated rings. The van der Waals surface area contributed by atoms with Crippen molar-refractivity contribution in [3.8, 4) is 10.8 Å². The van der Waals surface area contributed by atoms with Crippen molar-refractivity contribution in [2.24, 2.45) is 5.92 Å². The molecule has 0 saturated heterocycles. The van der Waals surface area contributed by atoms with E-state index in [1.54, 1.807) is 4.90 Å². The van der Waals surface area contributed by atoms with E-state index in [-0.39, 0.29) is 6.54 Å². The van der Waals surface area contributed by atoms with Gasteiger partial charge in [-0.15, -0.1) is 21.5 Å². The second-order valence-corrected chi connectivity index (χ2v) is 5.88. The summed E-state index contributed by atoms with van der Waals surface area (Å²) >= 11 is 1.53. The largest absolute Gasteiger partial charge is 0.480 e. The molecule has 2 aromatic rings. The zero-order valence-electron chi connectivity index (χ0n) is 11.4. The molecule has 7 heteroatoms. The Hall–Kier alpha value is -1.73. The van der Waals surface area contributed by atoms with Crippen molar-refractivity contribution in [1.82, 2.24) is 15.1 Å². The van der Waals surface area contributed by atoms with Crippen LogP contribution in [0, 0.1) is 5.92 Å². The van der Waals surface area contributed by atoms with Crippen LogP contribution in [-0.4, -0.2) is 39.3 Å². The zero-order chi connectivity index (χ0) is 14.5. The maximum Gasteiger partial charge on any atom is 0.317 e. The van der Waals surface area contributed by atoms with Crippen LogP contribution >= 0.6 is 11.3 Å². The smallest absolute Gasteiger partial charge is 0.317 e. The molecule has 0 spiro atoms. The van der Waals surface area contributed by atoms with Crippen molar-refractivity contribution in [3.63, 3.8) is 0 Å². The molecule has 2 rings (SSSR count). The summed E-state index contributed by atoms with van der Waals surface area (Å²) in [5.41, 5.74) is 0. The van der Waals surface area contributed by atoms with Gasteiger partial charge in [0.1, 0.15) is 0 Å². The minimum atomic E-state index is -0.858. The normalized spacial score (nSPS) is 11.4. The van der Waals surface area contributed by atoms with Crippen LogP contribution in [0.4, 0.5) is 0 Å². The monoisotopic (exact) mass is 295 g/mol. The Bertz CT molecular complexity index is 551. The summed E-state index contributed by atoms with van der Waals surface area (Å²) in [5, 5.41) is 18.8. The molecule has 20 heavy (non-hydrogen) atoms. The molecule has 0 aliphatic rings. The maximum atomic E-state index is 10.9. The van der Waals surface area contributed by atoms with Gasteiger partial charge < -0.3 is 9.52 Å². The first-order valence-corrected chi connectivity index (χ1v) is 7.23. The maximum absolute atomic E-state index is 10.9. The van der Waals surface area contributed by atoms with Crippen molar-refractivity contribution in [2.45, 2.75) is 20.4 Å². The van der Waals surface area contributed by atoms with Gasteiger partial charge in [0.15, 0.2) is 0 Å². The SMILES string of the molecule is CC(C)CN(CC(=O)O)Cc1nnc(-c2cccs2)o1. The quantitative estimate of drug-likeness (QED) is 0.844. The number of rotatable bonds is 7. The van der Waals surface area contributed by atoms with Crippen LogP contribution in [0.15, 0.2) is 21.9 Å². The van der Waals surface area contributed by atoms with Gasteiger partial charge in [0.25, 0.3) is 5.89 Å². The highest BCUT2D eigenvalue weighted by molar-refractivity contribution is 7.13. The summed E-state index contributed by atoms with van der Waals surface area (Å²) in [6.45, 7) is 5.07. The number of carbonyl (C=O) groups is 1. The highest BCUT2D eigenvalue weighted by atomic mass is 32.1. The number of hydrogen-bond acceptors (Lipinski definition) is 6. The molecule has 108 valence electrons. The van der Waals surface area contributed by atoms with Gasteiger partial charge in [-0.2, -0.15) is 0 Å². The van der Waals surface area contributed by atoms with Gasteiger partial charge in [0, 0.05) is 6.54 Å². The fourth-order valence-corrected chi connectivity index (χ4v) is 2.55. The molecule has 2 aromatic heterocycles. The lowest BCUT2D eigenvalue weighted by molar-refractivity contribution is -0.138. The van der Waals surface area contributed by atoms with Crippen molar-refractivity contribution in [2.75, 3.05) is 13.1 Å². The number of aromatic nitrogens is 2. The first kappa shape index (κ1) is 14.7. The molecular formula is C13H17N3O3S. The van der Waals surface area contributed by atoms with E-state index >= 15 is 0 Å². The van der Waals surface area contributed by atoms with Crippen molar-refractivity contribution in [3.05, 3.63) is 23.4 Å². The van der Waals surface area contributed by atoms with Gasteiger partial charge in [-0.1, -0.05) is 19.9 Å². The molecule has 0 bridgehead atoms. The molecule has 0 aromatic carbocycles. The number of nitrogens with zero attached hydrogens (tertiary/aromatic N) is 3. The van der Waals surface area contributed by atoms with E-state index in [9.17, 15) is 4.79 Å². The van der Waals surface area contributed by atoms with Crippen LogP contribution in [0.5, 0.6) is 0 Å². The Balaban J connectivity index is 2.04. The lowest BCUT2D eigenvalue weighted by atomic mass is 10.2. The Labute approximate surface area is 121 Å². The van der Waals surface area contributed by atoms with Gasteiger partial charge in [-0.3, -0.25) is 9.69 Å². The third kappa shape index (κ3) is 4.14. The number of aliphatic carboxylic acids is 1. The fourth-order valence-electron chi connectivity index (χ4n) is 1.90. The Morgan fingerprint density at radius 3 is 2.90 bits per heavy atom. The Morgan fingerprint density at radius 2 is 2.30 bits per heavy atom. The van der Waals surface area contributed by atoms with Gasteiger partial charge in [-0.05, 0) is 17.4 Å². The van der Waals surface area contributed by atoms with Crippen LogP contribution in [0.1, 0.15) is 19.7 Å². The van der Waals surface area contributed by atoms with E-state index in [0.717, 1.165) is 4.88 Å². The third-order valence-electron chi connectivity index (χ3n) is 2.54. The van der Waals surface area contributed by atoms with Gasteiger partial charge in [-0.25, -0.2) is 0 Å². The molecular weight excluding hydrogens is 278 g/mol. The van der Waals surface area contributed by atoms with E-state index in [1.807, 2.05) is 31.4 Å². The van der Waals surface area contributed by atoms with Gasteiger partial charge >= 0.3 is 5.97 Å². The minimum absolute atomic E-state index is 0.0328. The molecule has 0 aliphatic carbocycles. The van der Waals surface area contributed by atoms with E-state index in [1.165, 1.54) is 11.3 Å². The van der Waals surface area contributed by atoms with Crippen LogP contribution in [0.2, 0.25) is 0 Å². The predicted molar refractivity (Wildman–Crippen MR) is 75.4 cm³/mol. The van der Waals surface area contributed by atoms with Crippen molar-refractivity contribution >= 4 is 17.3 Å². The molecule has 0 amide bonds. The fraction of sp³-hybridized carbons (Fsp3) is 0.462. The lowest BCUT2D eigenvalue weighted by Crippen LogP contribution is -2.32. The number of thiophene rings is 1. The lowest BCUT2D eigenvalue weighted by Gasteiger charge is -2.20. The molecule has 0 radical (unpaired) electrons. The summed E-state index contributed by atoms with van der Waals surface area (Å²) < 4.78 is 5.58. The summed E-state index contributed by atoms with van der Waals surface area (Å²) in [6, 6.07) is 3.82. The molecule has 0 atom stereocenters. The van der Waals surface area contributed by atoms with E-state index in [2.05, 4.69) is 10.2 Å². The topological polar surface area (TPSA) is 79.5 Å². The van der Waals surface area contributed by atoms with Gasteiger partial charge in [0.05, 0.1) is 18.0 Å². The first-order valence-electron chi connectivity index (χ1n) is 6.35. The van der Waals surface area contributed by atoms with Crippen LogP contribution in [0.25, 0.3) is 10.8 Å². The van der Waals surface area contributed by atoms with E-state index < -0.39 is 5.97 Å². The van der Waals surface area contributed by atoms with E-state index in [4.69, 9.17) is 9.52 Å². The predicted octanol–water partition coefficient (Wildman–Crippen LogP) is 2.34. The average Bonchev–Trinajstić information content (AvgIpc) is 2.95. The Kier molecular flexibility index (Phi) is 4.86. The number of carboxylic acids is 1. The highest BCUT2D eigenvalue weighted by Crippen LogP contribution is 2.23. The van der Waals surface area contributed by atoms with Crippen molar-refractivity contribution < 1.29 is 14.3 Å². The number of hydrogen-bond donors (Lipinski definition) is 1. The van der Waals surface area contributed by atoms with Crippen LogP contribution in [-0.2, 0) is 11.3 Å². The van der Waals surface area contributed by atoms with E-state index in [0.29, 0.717) is 30.8 Å². The summed E-state index contributed by atoms with van der Waals surface area (Å²) in [4.78, 5) is 13.6. The van der Waals surface area contributed by atoms with Crippen LogP contribution in [0.3, 0.4) is 0 Å². The second kappa shape index (κ2) is 6.62. The highest BCUT2D eigenvalue weighted by Gasteiger charge is 2.16. The Morgan fingerprint density at radius 1 is 1.50 bits per heavy atom. The molecule has 2 heterocycles. The molecule has 0 aliphatic heterocycles. The summed E-state index contributed by atoms with van der Waals surface area (Å²) in [6.07, 6.45) is 0. The molecule has 0 saturated carbocycles. The third-order valence-corrected chi connectivity index (χ3v) is 3.40.